The average Bonchev–Trinajstić information content (AvgIpc) is 2.66. The molecule has 2 atom stereocenters. The molecule has 0 aromatic heterocycles. The van der Waals surface area contributed by atoms with Crippen molar-refractivity contribution in [3.8, 4) is 0 Å². The molecule has 2 heterocycles. The molecule has 0 saturated carbocycles. The number of thioether (sulfide) groups is 1. The van der Waals surface area contributed by atoms with Gasteiger partial charge in [0.2, 0.25) is 11.6 Å². The predicted molar refractivity (Wildman–Crippen MR) is 66.5 cm³/mol. The summed E-state index contributed by atoms with van der Waals surface area (Å²) in [6, 6.07) is 7.22. The van der Waals surface area contributed by atoms with E-state index in [4.69, 9.17) is 5.73 Å². The summed E-state index contributed by atoms with van der Waals surface area (Å²) in [6.07, 6.45) is 0. The third kappa shape index (κ3) is 1.25. The Balaban J connectivity index is 2.24. The molecule has 6 heteroatoms. The number of fused-ring (bicyclic) bond motifs is 3. The van der Waals surface area contributed by atoms with E-state index in [1.165, 1.54) is 18.7 Å². The van der Waals surface area contributed by atoms with Crippen LogP contribution in [-0.2, 0) is 10.5 Å². The molecule has 1 aromatic carbocycles. The first-order valence-corrected chi connectivity index (χ1v) is 6.05. The Hall–Kier alpha value is -1.53. The number of hydrogen-bond acceptors (Lipinski definition) is 5. The summed E-state index contributed by atoms with van der Waals surface area (Å²) in [6.45, 7) is 1.47. The standard InChI is InChI=1S/C11H11N3O2S/c1-6(15)14-8-5-3-2-4-7(8)11(16)9(14)17-10(12)13-11/h2-5,9,16H,1H3,(H2,12,13)/t9-,11+/m1/s1. The maximum atomic E-state index is 11.7. The first-order chi connectivity index (χ1) is 8.04. The number of nitrogens with two attached hydrogens (primary N) is 1. The highest BCUT2D eigenvalue weighted by atomic mass is 32.2. The van der Waals surface area contributed by atoms with E-state index in [0.29, 0.717) is 16.4 Å². The van der Waals surface area contributed by atoms with E-state index in [9.17, 15) is 9.90 Å². The number of carbonyl (C=O) groups is 1. The number of rotatable bonds is 0. The molecule has 0 radical (unpaired) electrons. The first-order valence-electron chi connectivity index (χ1n) is 5.17. The minimum Gasteiger partial charge on any atom is -0.378 e. The number of carbonyl (C=O) groups excluding carboxylic acids is 1. The second-order valence-corrected chi connectivity index (χ2v) is 5.15. The Kier molecular flexibility index (Phi) is 2.02. The molecule has 2 aliphatic rings. The first kappa shape index (κ1) is 10.6. The van der Waals surface area contributed by atoms with Crippen LogP contribution in [-0.4, -0.2) is 21.6 Å². The van der Waals surface area contributed by atoms with E-state index in [1.54, 1.807) is 17.0 Å². The van der Waals surface area contributed by atoms with Gasteiger partial charge in [-0.2, -0.15) is 0 Å². The van der Waals surface area contributed by atoms with E-state index in [1.807, 2.05) is 12.1 Å². The van der Waals surface area contributed by atoms with Crippen molar-refractivity contribution >= 4 is 28.5 Å². The fraction of sp³-hybridized carbons (Fsp3) is 0.273. The molecule has 17 heavy (non-hydrogen) atoms. The zero-order chi connectivity index (χ0) is 12.2. The molecule has 0 spiro atoms. The molecule has 88 valence electrons. The van der Waals surface area contributed by atoms with Gasteiger partial charge in [0.1, 0.15) is 5.37 Å². The monoisotopic (exact) mass is 249 g/mol. The van der Waals surface area contributed by atoms with Crippen LogP contribution < -0.4 is 10.6 Å². The van der Waals surface area contributed by atoms with E-state index >= 15 is 0 Å². The predicted octanol–water partition coefficient (Wildman–Crippen LogP) is 0.586. The summed E-state index contributed by atoms with van der Waals surface area (Å²) in [5.41, 5.74) is 5.58. The summed E-state index contributed by atoms with van der Waals surface area (Å²) >= 11 is 1.21. The molecule has 0 bridgehead atoms. The number of hydrogen-bond donors (Lipinski definition) is 2. The third-order valence-corrected chi connectivity index (χ3v) is 4.09. The van der Waals surface area contributed by atoms with Crippen LogP contribution in [0.2, 0.25) is 0 Å². The molecule has 3 N–H and O–H groups in total. The lowest BCUT2D eigenvalue weighted by Crippen LogP contribution is -2.41. The maximum absolute atomic E-state index is 11.7. The van der Waals surface area contributed by atoms with Crippen molar-refractivity contribution < 1.29 is 9.90 Å². The van der Waals surface area contributed by atoms with Crippen molar-refractivity contribution in [1.29, 1.82) is 0 Å². The largest absolute Gasteiger partial charge is 0.378 e. The molecular formula is C11H11N3O2S. The Morgan fingerprint density at radius 1 is 1.59 bits per heavy atom. The van der Waals surface area contributed by atoms with Gasteiger partial charge in [0, 0.05) is 12.5 Å². The Morgan fingerprint density at radius 2 is 2.29 bits per heavy atom. The highest BCUT2D eigenvalue weighted by Gasteiger charge is 2.55. The van der Waals surface area contributed by atoms with Crippen LogP contribution >= 0.6 is 11.8 Å². The summed E-state index contributed by atoms with van der Waals surface area (Å²) in [5.74, 6) is -0.129. The molecular weight excluding hydrogens is 238 g/mol. The van der Waals surface area contributed by atoms with E-state index < -0.39 is 11.1 Å². The van der Waals surface area contributed by atoms with Crippen LogP contribution in [0.4, 0.5) is 5.69 Å². The summed E-state index contributed by atoms with van der Waals surface area (Å²) in [7, 11) is 0. The van der Waals surface area contributed by atoms with E-state index in [0.717, 1.165) is 0 Å². The van der Waals surface area contributed by atoms with Crippen molar-refractivity contribution in [2.24, 2.45) is 10.7 Å². The topological polar surface area (TPSA) is 78.9 Å². The molecule has 2 aliphatic heterocycles. The molecule has 3 rings (SSSR count). The van der Waals surface area contributed by atoms with Gasteiger partial charge in [-0.15, -0.1) is 0 Å². The quantitative estimate of drug-likeness (QED) is 0.705. The van der Waals surface area contributed by atoms with Gasteiger partial charge < -0.3 is 10.8 Å². The van der Waals surface area contributed by atoms with Crippen molar-refractivity contribution in [3.05, 3.63) is 29.8 Å². The number of nitrogens with zero attached hydrogens (tertiary/aromatic N) is 2. The van der Waals surface area contributed by atoms with Crippen LogP contribution in [0.5, 0.6) is 0 Å². The Bertz CT molecular complexity index is 545. The van der Waals surface area contributed by atoms with Crippen LogP contribution in [0.1, 0.15) is 12.5 Å². The highest BCUT2D eigenvalue weighted by Crippen LogP contribution is 2.52. The maximum Gasteiger partial charge on any atom is 0.225 e. The van der Waals surface area contributed by atoms with Gasteiger partial charge in [-0.25, -0.2) is 4.99 Å². The van der Waals surface area contributed by atoms with Crippen molar-refractivity contribution in [2.75, 3.05) is 4.90 Å². The van der Waals surface area contributed by atoms with Gasteiger partial charge in [0.05, 0.1) is 5.69 Å². The smallest absolute Gasteiger partial charge is 0.225 e. The second kappa shape index (κ2) is 3.24. The fourth-order valence-electron chi connectivity index (χ4n) is 2.33. The lowest BCUT2D eigenvalue weighted by molar-refractivity contribution is -0.117. The van der Waals surface area contributed by atoms with Gasteiger partial charge >= 0.3 is 0 Å². The minimum absolute atomic E-state index is 0.129. The number of para-hydroxylation sites is 1. The van der Waals surface area contributed by atoms with Gasteiger partial charge in [-0.05, 0) is 6.07 Å². The van der Waals surface area contributed by atoms with Gasteiger partial charge in [-0.1, -0.05) is 30.0 Å². The van der Waals surface area contributed by atoms with Crippen LogP contribution in [0.15, 0.2) is 29.3 Å². The zero-order valence-electron chi connectivity index (χ0n) is 9.12. The Labute approximate surface area is 102 Å². The normalized spacial score (nSPS) is 29.9. The SMILES string of the molecule is CC(=O)N1c2ccccc2[C@@]2(O)N=C(N)S[C@@H]12. The molecule has 0 fully saturated rings. The number of amides is 1. The van der Waals surface area contributed by atoms with E-state index in [2.05, 4.69) is 4.99 Å². The number of aliphatic hydroxyl groups is 1. The number of aliphatic imine (C=N–C) groups is 1. The van der Waals surface area contributed by atoms with E-state index in [-0.39, 0.29) is 5.91 Å². The van der Waals surface area contributed by atoms with Crippen LogP contribution in [0, 0.1) is 0 Å². The average molecular weight is 249 g/mol. The lowest BCUT2D eigenvalue weighted by Gasteiger charge is -2.24. The molecule has 5 nitrogen and oxygen atoms in total. The van der Waals surface area contributed by atoms with Gasteiger partial charge in [-0.3, -0.25) is 9.69 Å². The number of benzene rings is 1. The van der Waals surface area contributed by atoms with Gasteiger partial charge in [0.25, 0.3) is 0 Å². The minimum atomic E-state index is -1.41. The van der Waals surface area contributed by atoms with Gasteiger partial charge in [0.15, 0.2) is 5.17 Å². The zero-order valence-corrected chi connectivity index (χ0v) is 9.94. The van der Waals surface area contributed by atoms with Crippen molar-refractivity contribution in [2.45, 2.75) is 18.0 Å². The van der Waals surface area contributed by atoms with Crippen LogP contribution in [0.25, 0.3) is 0 Å². The third-order valence-electron chi connectivity index (χ3n) is 2.99. The summed E-state index contributed by atoms with van der Waals surface area (Å²) in [5, 5.41) is 10.4. The number of amidine groups is 1. The molecule has 0 saturated heterocycles. The fourth-order valence-corrected chi connectivity index (χ4v) is 3.46. The van der Waals surface area contributed by atoms with Crippen LogP contribution in [0.3, 0.4) is 0 Å². The molecule has 0 unspecified atom stereocenters. The second-order valence-electron chi connectivity index (χ2n) is 4.05. The van der Waals surface area contributed by atoms with Crippen molar-refractivity contribution in [3.63, 3.8) is 0 Å². The molecule has 1 amide bonds. The lowest BCUT2D eigenvalue weighted by atomic mass is 10.1. The molecule has 0 aliphatic carbocycles. The Morgan fingerprint density at radius 3 is 3.00 bits per heavy atom. The number of anilines is 1. The molecule has 1 aromatic rings. The van der Waals surface area contributed by atoms with Crippen molar-refractivity contribution in [1.82, 2.24) is 0 Å². The highest BCUT2D eigenvalue weighted by molar-refractivity contribution is 8.14. The summed E-state index contributed by atoms with van der Waals surface area (Å²) in [4.78, 5) is 17.3. The summed E-state index contributed by atoms with van der Waals surface area (Å²) < 4.78 is 0.